The van der Waals surface area contributed by atoms with Crippen molar-refractivity contribution in [3.63, 3.8) is 0 Å². The van der Waals surface area contributed by atoms with Gasteiger partial charge in [0.2, 0.25) is 5.95 Å². The van der Waals surface area contributed by atoms with Crippen LogP contribution in [0, 0.1) is 6.92 Å². The maximum absolute atomic E-state index is 12.7. The largest absolute Gasteiger partial charge is 0.351 e. The Morgan fingerprint density at radius 2 is 1.97 bits per heavy atom. The maximum atomic E-state index is 12.7. The summed E-state index contributed by atoms with van der Waals surface area (Å²) in [7, 11) is 0. The average Bonchev–Trinajstić information content (AvgIpc) is 3.21. The molecule has 3 heterocycles. The molecule has 0 unspecified atom stereocenters. The van der Waals surface area contributed by atoms with Gasteiger partial charge in [-0.2, -0.15) is 0 Å². The number of aryl methyl sites for hydroxylation is 1. The van der Waals surface area contributed by atoms with Crippen molar-refractivity contribution in [2.24, 2.45) is 0 Å². The first-order chi connectivity index (χ1) is 14.7. The third-order valence-corrected chi connectivity index (χ3v) is 5.62. The first kappa shape index (κ1) is 18.6. The molecule has 1 aliphatic heterocycles. The number of H-pyrrole nitrogens is 1. The van der Waals surface area contributed by atoms with Gasteiger partial charge in [0.25, 0.3) is 5.91 Å². The highest BCUT2D eigenvalue weighted by Gasteiger charge is 2.14. The molecule has 0 spiro atoms. The Morgan fingerprint density at radius 3 is 2.80 bits per heavy atom. The van der Waals surface area contributed by atoms with E-state index in [1.807, 2.05) is 49.4 Å². The van der Waals surface area contributed by atoms with Crippen LogP contribution in [-0.4, -0.2) is 40.0 Å². The van der Waals surface area contributed by atoms with Crippen molar-refractivity contribution in [3.05, 3.63) is 59.9 Å². The van der Waals surface area contributed by atoms with E-state index in [-0.39, 0.29) is 5.91 Å². The molecule has 2 aromatic heterocycles. The highest BCUT2D eigenvalue weighted by Crippen LogP contribution is 2.22. The first-order valence-corrected chi connectivity index (χ1v) is 10.3. The number of carbonyl (C=O) groups is 1. The number of amides is 1. The zero-order valence-electron chi connectivity index (χ0n) is 16.8. The van der Waals surface area contributed by atoms with Gasteiger partial charge in [0, 0.05) is 34.2 Å². The van der Waals surface area contributed by atoms with Gasteiger partial charge < -0.3 is 20.9 Å². The molecule has 5 rings (SSSR count). The van der Waals surface area contributed by atoms with Crippen molar-refractivity contribution in [1.82, 2.24) is 20.3 Å². The number of fused-ring (bicyclic) bond motifs is 2. The Kier molecular flexibility index (Phi) is 4.80. The van der Waals surface area contributed by atoms with Gasteiger partial charge in [0.05, 0.1) is 5.52 Å². The van der Waals surface area contributed by atoms with Crippen LogP contribution in [-0.2, 0) is 0 Å². The van der Waals surface area contributed by atoms with Crippen LogP contribution in [0.4, 0.5) is 11.6 Å². The van der Waals surface area contributed by atoms with Crippen molar-refractivity contribution in [1.29, 1.82) is 0 Å². The summed E-state index contributed by atoms with van der Waals surface area (Å²) in [4.78, 5) is 25.0. The summed E-state index contributed by atoms with van der Waals surface area (Å²) in [5.74, 6) is 0.481. The monoisotopic (exact) mass is 400 g/mol. The Labute approximate surface area is 174 Å². The van der Waals surface area contributed by atoms with Crippen molar-refractivity contribution in [3.8, 4) is 0 Å². The number of benzene rings is 2. The molecule has 0 radical (unpaired) electrons. The van der Waals surface area contributed by atoms with E-state index in [1.165, 1.54) is 0 Å². The molecule has 0 bridgehead atoms. The van der Waals surface area contributed by atoms with Crippen molar-refractivity contribution in [2.45, 2.75) is 25.8 Å². The third kappa shape index (κ3) is 3.71. The number of nitrogens with zero attached hydrogens (tertiary/aromatic N) is 2. The lowest BCUT2D eigenvalue weighted by Crippen LogP contribution is -2.35. The molecule has 1 saturated heterocycles. The van der Waals surface area contributed by atoms with Gasteiger partial charge in [-0.3, -0.25) is 4.79 Å². The van der Waals surface area contributed by atoms with Crippen LogP contribution in [0.1, 0.15) is 28.9 Å². The van der Waals surface area contributed by atoms with Gasteiger partial charge in [-0.15, -0.1) is 0 Å². The Morgan fingerprint density at radius 1 is 1.10 bits per heavy atom. The SMILES string of the molecule is Cc1cccc2cc(C(=O)Nc3ccc4nc(NC5CCNCC5)ncc4c3)[nH]c12. The molecule has 1 fully saturated rings. The molecular weight excluding hydrogens is 376 g/mol. The fourth-order valence-electron chi connectivity index (χ4n) is 3.96. The Balaban J connectivity index is 1.33. The fraction of sp³-hybridized carbons (Fsp3) is 0.261. The molecular formula is C23H24N6O. The van der Waals surface area contributed by atoms with Crippen LogP contribution in [0.3, 0.4) is 0 Å². The maximum Gasteiger partial charge on any atom is 0.272 e. The standard InChI is InChI=1S/C23H24N6O/c1-14-3-2-4-15-12-20(28-21(14)15)22(30)26-18-5-6-19-16(11-18)13-25-23(29-19)27-17-7-9-24-10-8-17/h2-6,11-13,17,24,28H,7-10H2,1H3,(H,26,30)(H,25,27,29). The zero-order chi connectivity index (χ0) is 20.5. The number of hydrogen-bond acceptors (Lipinski definition) is 5. The predicted octanol–water partition coefficient (Wildman–Crippen LogP) is 3.84. The van der Waals surface area contributed by atoms with E-state index < -0.39 is 0 Å². The van der Waals surface area contributed by atoms with E-state index in [0.29, 0.717) is 23.4 Å². The molecule has 4 N–H and O–H groups in total. The quantitative estimate of drug-likeness (QED) is 0.418. The van der Waals surface area contributed by atoms with Crippen LogP contribution in [0.25, 0.3) is 21.8 Å². The minimum atomic E-state index is -0.171. The second-order valence-electron chi connectivity index (χ2n) is 7.81. The second-order valence-corrected chi connectivity index (χ2v) is 7.81. The summed E-state index contributed by atoms with van der Waals surface area (Å²) in [5.41, 5.74) is 4.20. The lowest BCUT2D eigenvalue weighted by molar-refractivity contribution is 0.102. The number of aromatic nitrogens is 3. The number of carbonyl (C=O) groups excluding carboxylic acids is 1. The lowest BCUT2D eigenvalue weighted by atomic mass is 10.1. The molecule has 0 saturated carbocycles. The summed E-state index contributed by atoms with van der Waals surface area (Å²) < 4.78 is 0. The summed E-state index contributed by atoms with van der Waals surface area (Å²) in [6.07, 6.45) is 3.94. The third-order valence-electron chi connectivity index (χ3n) is 5.62. The molecule has 0 aliphatic carbocycles. The number of hydrogen-bond donors (Lipinski definition) is 4. The minimum Gasteiger partial charge on any atom is -0.351 e. The van der Waals surface area contributed by atoms with E-state index in [0.717, 1.165) is 53.3 Å². The molecule has 152 valence electrons. The second kappa shape index (κ2) is 7.76. The van der Waals surface area contributed by atoms with E-state index in [4.69, 9.17) is 0 Å². The van der Waals surface area contributed by atoms with Gasteiger partial charge in [-0.25, -0.2) is 9.97 Å². The highest BCUT2D eigenvalue weighted by molar-refractivity contribution is 6.06. The minimum absolute atomic E-state index is 0.171. The van der Waals surface area contributed by atoms with E-state index >= 15 is 0 Å². The highest BCUT2D eigenvalue weighted by atomic mass is 16.1. The number of piperidine rings is 1. The van der Waals surface area contributed by atoms with Crippen LogP contribution in [0.15, 0.2) is 48.7 Å². The van der Waals surface area contributed by atoms with Gasteiger partial charge in [-0.05, 0) is 62.7 Å². The smallest absolute Gasteiger partial charge is 0.272 e. The van der Waals surface area contributed by atoms with Crippen LogP contribution < -0.4 is 16.0 Å². The summed E-state index contributed by atoms with van der Waals surface area (Å²) in [6.45, 7) is 4.06. The van der Waals surface area contributed by atoms with Gasteiger partial charge >= 0.3 is 0 Å². The molecule has 1 amide bonds. The average molecular weight is 400 g/mol. The number of para-hydroxylation sites is 1. The topological polar surface area (TPSA) is 94.7 Å². The summed E-state index contributed by atoms with van der Waals surface area (Å²) >= 11 is 0. The lowest BCUT2D eigenvalue weighted by Gasteiger charge is -2.23. The van der Waals surface area contributed by atoms with E-state index in [9.17, 15) is 4.79 Å². The fourth-order valence-corrected chi connectivity index (χ4v) is 3.96. The summed E-state index contributed by atoms with van der Waals surface area (Å²) in [5, 5.41) is 11.7. The number of nitrogens with one attached hydrogen (secondary N) is 4. The number of anilines is 2. The molecule has 4 aromatic rings. The first-order valence-electron chi connectivity index (χ1n) is 10.3. The Bertz CT molecular complexity index is 1230. The van der Waals surface area contributed by atoms with Crippen LogP contribution >= 0.6 is 0 Å². The van der Waals surface area contributed by atoms with E-state index in [2.05, 4.69) is 30.9 Å². The normalized spacial score (nSPS) is 14.8. The van der Waals surface area contributed by atoms with Crippen molar-refractivity contribution >= 4 is 39.3 Å². The molecule has 1 aliphatic rings. The van der Waals surface area contributed by atoms with Crippen molar-refractivity contribution in [2.75, 3.05) is 23.7 Å². The number of aromatic amines is 1. The molecule has 7 nitrogen and oxygen atoms in total. The van der Waals surface area contributed by atoms with Crippen LogP contribution in [0.5, 0.6) is 0 Å². The number of rotatable bonds is 4. The zero-order valence-corrected chi connectivity index (χ0v) is 16.8. The van der Waals surface area contributed by atoms with E-state index in [1.54, 1.807) is 6.20 Å². The molecule has 2 aromatic carbocycles. The van der Waals surface area contributed by atoms with Crippen molar-refractivity contribution < 1.29 is 4.79 Å². The predicted molar refractivity (Wildman–Crippen MR) is 120 cm³/mol. The molecule has 0 atom stereocenters. The molecule has 30 heavy (non-hydrogen) atoms. The van der Waals surface area contributed by atoms with Gasteiger partial charge in [0.1, 0.15) is 5.69 Å². The van der Waals surface area contributed by atoms with Gasteiger partial charge in [-0.1, -0.05) is 18.2 Å². The van der Waals surface area contributed by atoms with Crippen LogP contribution in [0.2, 0.25) is 0 Å². The molecule has 7 heteroatoms. The van der Waals surface area contributed by atoms with Gasteiger partial charge in [0.15, 0.2) is 0 Å². The Hall–Kier alpha value is -3.45. The summed E-state index contributed by atoms with van der Waals surface area (Å²) in [6, 6.07) is 14.0.